The smallest absolute Gasteiger partial charge is 0.326 e. The molecular weight excluding hydrogens is 426 g/mol. The topological polar surface area (TPSA) is 120 Å². The minimum Gasteiger partial charge on any atom is -0.480 e. The van der Waals surface area contributed by atoms with Crippen LogP contribution in [0.5, 0.6) is 0 Å². The number of aromatic nitrogens is 1. The maximum absolute atomic E-state index is 12.2. The number of fused-ring (bicyclic) bond motifs is 1. The van der Waals surface area contributed by atoms with Crippen LogP contribution in [0.1, 0.15) is 12.0 Å². The van der Waals surface area contributed by atoms with Gasteiger partial charge in [0.15, 0.2) is 0 Å². The fourth-order valence-electron chi connectivity index (χ4n) is 3.01. The van der Waals surface area contributed by atoms with E-state index in [0.29, 0.717) is 6.42 Å². The maximum Gasteiger partial charge on any atom is 0.326 e. The number of H-pyrrole nitrogens is 1. The highest BCUT2D eigenvalue weighted by molar-refractivity contribution is 9.10. The first-order valence-electron chi connectivity index (χ1n) is 8.02. The molecular formula is C16H18BrN3O5S. The lowest BCUT2D eigenvalue weighted by Gasteiger charge is -2.17. The van der Waals surface area contributed by atoms with Crippen LogP contribution in [0.15, 0.2) is 28.9 Å². The van der Waals surface area contributed by atoms with Crippen LogP contribution in [-0.2, 0) is 26.0 Å². The summed E-state index contributed by atoms with van der Waals surface area (Å²) in [6.07, 6.45) is 2.27. The number of sulfonamides is 1. The van der Waals surface area contributed by atoms with Crippen molar-refractivity contribution >= 4 is 48.7 Å². The molecule has 2 aromatic rings. The number of rotatable bonds is 6. The van der Waals surface area contributed by atoms with Gasteiger partial charge in [0.25, 0.3) is 0 Å². The Morgan fingerprint density at radius 3 is 2.81 bits per heavy atom. The molecule has 0 spiro atoms. The van der Waals surface area contributed by atoms with E-state index in [2.05, 4.69) is 26.2 Å². The number of carboxylic acids is 1. The summed E-state index contributed by atoms with van der Waals surface area (Å²) in [5.41, 5.74) is 1.62. The van der Waals surface area contributed by atoms with Gasteiger partial charge in [-0.25, -0.2) is 13.2 Å². The molecule has 1 fully saturated rings. The van der Waals surface area contributed by atoms with E-state index in [9.17, 15) is 23.1 Å². The van der Waals surface area contributed by atoms with Gasteiger partial charge in [-0.15, -0.1) is 0 Å². The fraction of sp³-hybridized carbons (Fsp3) is 0.375. The van der Waals surface area contributed by atoms with E-state index in [-0.39, 0.29) is 25.3 Å². The zero-order chi connectivity index (χ0) is 18.9. The van der Waals surface area contributed by atoms with Crippen LogP contribution in [0.2, 0.25) is 0 Å². The van der Waals surface area contributed by atoms with Crippen LogP contribution in [0.4, 0.5) is 0 Å². The molecule has 8 nitrogen and oxygen atoms in total. The molecule has 26 heavy (non-hydrogen) atoms. The van der Waals surface area contributed by atoms with Gasteiger partial charge in [0, 0.05) is 34.5 Å². The van der Waals surface area contributed by atoms with Crippen molar-refractivity contribution in [3.05, 3.63) is 34.4 Å². The third-order valence-corrected chi connectivity index (χ3v) is 6.71. The fourth-order valence-corrected chi connectivity index (χ4v) is 4.84. The van der Waals surface area contributed by atoms with Crippen LogP contribution >= 0.6 is 15.9 Å². The highest BCUT2D eigenvalue weighted by Crippen LogP contribution is 2.23. The molecule has 3 rings (SSSR count). The van der Waals surface area contributed by atoms with E-state index < -0.39 is 27.9 Å². The Morgan fingerprint density at radius 1 is 1.38 bits per heavy atom. The normalized spacial score (nSPS) is 18.0. The number of aliphatic carboxylic acids is 1. The first-order chi connectivity index (χ1) is 12.3. The third kappa shape index (κ3) is 4.08. The summed E-state index contributed by atoms with van der Waals surface area (Å²) >= 11 is 3.38. The minimum atomic E-state index is -3.41. The molecule has 1 saturated heterocycles. The number of carbonyl (C=O) groups excluding carboxylic acids is 1. The molecule has 2 heterocycles. The summed E-state index contributed by atoms with van der Waals surface area (Å²) in [6, 6.07) is 4.47. The van der Waals surface area contributed by atoms with E-state index >= 15 is 0 Å². The molecule has 3 N–H and O–H groups in total. The van der Waals surface area contributed by atoms with Crippen molar-refractivity contribution < 1.29 is 23.1 Å². The lowest BCUT2D eigenvalue weighted by Crippen LogP contribution is -2.46. The second-order valence-electron chi connectivity index (χ2n) is 6.17. The zero-order valence-corrected chi connectivity index (χ0v) is 16.1. The van der Waals surface area contributed by atoms with Crippen molar-refractivity contribution in [2.45, 2.75) is 18.9 Å². The summed E-state index contributed by atoms with van der Waals surface area (Å²) < 4.78 is 25.5. The van der Waals surface area contributed by atoms with Gasteiger partial charge in [-0.1, -0.05) is 15.9 Å². The first kappa shape index (κ1) is 18.9. The molecule has 1 aromatic heterocycles. The number of amides is 1. The van der Waals surface area contributed by atoms with Gasteiger partial charge in [-0.2, -0.15) is 4.31 Å². The molecule has 0 aliphatic carbocycles. The molecule has 1 aromatic carbocycles. The number of hydrogen-bond acceptors (Lipinski definition) is 4. The molecule has 0 unspecified atom stereocenters. The highest BCUT2D eigenvalue weighted by atomic mass is 79.9. The Labute approximate surface area is 158 Å². The third-order valence-electron chi connectivity index (χ3n) is 4.31. The monoisotopic (exact) mass is 443 g/mol. The Balaban J connectivity index is 1.72. The van der Waals surface area contributed by atoms with Gasteiger partial charge in [0.2, 0.25) is 15.9 Å². The Bertz CT molecular complexity index is 956. The van der Waals surface area contributed by atoms with E-state index in [1.165, 1.54) is 0 Å². The summed E-state index contributed by atoms with van der Waals surface area (Å²) in [5.74, 6) is -1.77. The second-order valence-corrected chi connectivity index (χ2v) is 9.17. The van der Waals surface area contributed by atoms with Crippen LogP contribution < -0.4 is 5.32 Å². The second kappa shape index (κ2) is 7.37. The Kier molecular flexibility index (Phi) is 5.35. The lowest BCUT2D eigenvalue weighted by molar-refractivity contribution is -0.141. The van der Waals surface area contributed by atoms with Crippen LogP contribution in [-0.4, -0.2) is 59.6 Å². The van der Waals surface area contributed by atoms with Gasteiger partial charge in [-0.05, 0) is 30.2 Å². The van der Waals surface area contributed by atoms with Gasteiger partial charge < -0.3 is 15.4 Å². The van der Waals surface area contributed by atoms with Crippen molar-refractivity contribution in [3.8, 4) is 0 Å². The predicted octanol–water partition coefficient (Wildman–Crippen LogP) is 1.08. The molecule has 1 aliphatic rings. The van der Waals surface area contributed by atoms with E-state index in [0.717, 1.165) is 25.2 Å². The number of halogens is 1. The summed E-state index contributed by atoms with van der Waals surface area (Å²) in [4.78, 5) is 26.8. The number of carboxylic acid groups (broad SMARTS) is 1. The molecule has 1 amide bonds. The lowest BCUT2D eigenvalue weighted by atomic mass is 10.0. The average Bonchev–Trinajstić information content (AvgIpc) is 3.10. The van der Waals surface area contributed by atoms with Gasteiger partial charge in [-0.3, -0.25) is 4.79 Å². The summed E-state index contributed by atoms with van der Waals surface area (Å²) in [7, 11) is -3.41. The highest BCUT2D eigenvalue weighted by Gasteiger charge is 2.31. The molecule has 10 heteroatoms. The summed E-state index contributed by atoms with van der Waals surface area (Å²) in [5, 5.41) is 12.7. The van der Waals surface area contributed by atoms with Gasteiger partial charge >= 0.3 is 5.97 Å². The molecule has 1 atom stereocenters. The summed E-state index contributed by atoms with van der Waals surface area (Å²) in [6.45, 7) is -0.0739. The van der Waals surface area contributed by atoms with Crippen molar-refractivity contribution in [1.29, 1.82) is 0 Å². The predicted molar refractivity (Wildman–Crippen MR) is 99.2 cm³/mol. The largest absolute Gasteiger partial charge is 0.480 e. The maximum atomic E-state index is 12.2. The average molecular weight is 444 g/mol. The van der Waals surface area contributed by atoms with Crippen LogP contribution in [0, 0.1) is 0 Å². The minimum absolute atomic E-state index is 0.0207. The van der Waals surface area contributed by atoms with Crippen LogP contribution in [0.25, 0.3) is 10.9 Å². The number of nitrogens with zero attached hydrogens (tertiary/aromatic N) is 1. The molecule has 140 valence electrons. The Morgan fingerprint density at radius 2 is 2.15 bits per heavy atom. The quantitative estimate of drug-likeness (QED) is 0.616. The van der Waals surface area contributed by atoms with Gasteiger partial charge in [0.05, 0.1) is 12.3 Å². The molecule has 0 radical (unpaired) electrons. The van der Waals surface area contributed by atoms with E-state index in [1.54, 1.807) is 6.20 Å². The van der Waals surface area contributed by atoms with Crippen molar-refractivity contribution in [1.82, 2.24) is 14.6 Å². The SMILES string of the molecule is O=C(CN1CCCS1(=O)=O)N[C@H](Cc1c[nH]c2ccc(Br)cc12)C(=O)O. The number of hydrogen-bond donors (Lipinski definition) is 3. The van der Waals surface area contributed by atoms with Gasteiger partial charge in [0.1, 0.15) is 6.04 Å². The standard InChI is InChI=1S/C16H18BrN3O5S/c17-11-2-3-13-12(7-11)10(8-18-13)6-14(16(22)23)19-15(21)9-20-4-1-5-26(20,24)25/h2-3,7-8,14,18H,1,4-6,9H2,(H,19,21)(H,22,23)/t14-/m1/s1. The number of carbonyl (C=O) groups is 2. The van der Waals surface area contributed by atoms with E-state index in [1.807, 2.05) is 18.2 Å². The van der Waals surface area contributed by atoms with E-state index in [4.69, 9.17) is 0 Å². The zero-order valence-electron chi connectivity index (χ0n) is 13.7. The van der Waals surface area contributed by atoms with Crippen molar-refractivity contribution in [2.75, 3.05) is 18.8 Å². The molecule has 0 bridgehead atoms. The van der Waals surface area contributed by atoms with Crippen molar-refractivity contribution in [2.24, 2.45) is 0 Å². The number of aromatic amines is 1. The molecule has 1 aliphatic heterocycles. The first-order valence-corrected chi connectivity index (χ1v) is 10.4. The Hall–Kier alpha value is -1.91. The van der Waals surface area contributed by atoms with Crippen molar-refractivity contribution in [3.63, 3.8) is 0 Å². The number of benzene rings is 1. The number of nitrogens with one attached hydrogen (secondary N) is 2. The van der Waals surface area contributed by atoms with Crippen LogP contribution in [0.3, 0.4) is 0 Å². The molecule has 0 saturated carbocycles.